The monoisotopic (exact) mass is 550 g/mol. The van der Waals surface area contributed by atoms with Crippen LogP contribution in [0.3, 0.4) is 0 Å². The number of furan rings is 1. The van der Waals surface area contributed by atoms with E-state index in [1.165, 1.54) is 65.7 Å². The average molecular weight is 551 g/mol. The second-order valence-corrected chi connectivity index (χ2v) is 11.2. The van der Waals surface area contributed by atoms with Crippen molar-refractivity contribution in [1.82, 2.24) is 0 Å². The van der Waals surface area contributed by atoms with Gasteiger partial charge in [0, 0.05) is 10.8 Å². The predicted octanol–water partition coefficient (Wildman–Crippen LogP) is 12.1. The molecule has 0 saturated heterocycles. The summed E-state index contributed by atoms with van der Waals surface area (Å²) in [7, 11) is 0. The maximum atomic E-state index is 6.40. The van der Waals surface area contributed by atoms with Crippen LogP contribution < -0.4 is 0 Å². The van der Waals surface area contributed by atoms with Crippen LogP contribution in [-0.2, 0) is 6.42 Å². The lowest BCUT2D eigenvalue weighted by Crippen LogP contribution is -1.91. The van der Waals surface area contributed by atoms with Crippen molar-refractivity contribution in [3.63, 3.8) is 0 Å². The van der Waals surface area contributed by atoms with E-state index in [4.69, 9.17) is 4.42 Å². The van der Waals surface area contributed by atoms with E-state index in [0.29, 0.717) is 0 Å². The first-order chi connectivity index (χ1) is 21.2. The van der Waals surface area contributed by atoms with Gasteiger partial charge in [0.1, 0.15) is 11.2 Å². The van der Waals surface area contributed by atoms with Crippen molar-refractivity contribution in [2.24, 2.45) is 0 Å². The fourth-order valence-corrected chi connectivity index (χ4v) is 6.88. The predicted molar refractivity (Wildman–Crippen MR) is 186 cm³/mol. The molecule has 8 rings (SSSR count). The first-order valence-corrected chi connectivity index (χ1v) is 14.9. The summed E-state index contributed by atoms with van der Waals surface area (Å²) in [5, 5.41) is 9.81. The highest BCUT2D eigenvalue weighted by molar-refractivity contribution is 6.24. The molecule has 0 aliphatic rings. The molecule has 0 N–H and O–H groups in total. The Morgan fingerprint density at radius 1 is 0.581 bits per heavy atom. The molecule has 0 atom stereocenters. The van der Waals surface area contributed by atoms with Crippen molar-refractivity contribution in [1.29, 1.82) is 0 Å². The van der Waals surface area contributed by atoms with Gasteiger partial charge >= 0.3 is 0 Å². The highest BCUT2D eigenvalue weighted by Gasteiger charge is 2.19. The van der Waals surface area contributed by atoms with Crippen LogP contribution in [0.4, 0.5) is 0 Å². The van der Waals surface area contributed by atoms with E-state index >= 15 is 0 Å². The molecule has 0 bridgehead atoms. The van der Waals surface area contributed by atoms with Crippen LogP contribution in [0.1, 0.15) is 18.1 Å². The van der Waals surface area contributed by atoms with Crippen LogP contribution in [0.2, 0.25) is 0 Å². The van der Waals surface area contributed by atoms with E-state index in [1.54, 1.807) is 0 Å². The molecule has 0 unspecified atom stereocenters. The largest absolute Gasteiger partial charge is 0.456 e. The number of hydrogen-bond donors (Lipinski definition) is 0. The van der Waals surface area contributed by atoms with Crippen molar-refractivity contribution >= 4 is 60.3 Å². The van der Waals surface area contributed by atoms with Crippen molar-refractivity contribution in [2.75, 3.05) is 0 Å². The molecule has 1 aromatic heterocycles. The zero-order chi connectivity index (χ0) is 28.9. The molecule has 0 aliphatic heterocycles. The molecule has 1 heteroatoms. The van der Waals surface area contributed by atoms with Gasteiger partial charge in [-0.3, -0.25) is 0 Å². The Kier molecular flexibility index (Phi) is 5.98. The summed E-state index contributed by atoms with van der Waals surface area (Å²) in [5.74, 6) is 0. The smallest absolute Gasteiger partial charge is 0.135 e. The van der Waals surface area contributed by atoms with Crippen LogP contribution in [0, 0.1) is 0 Å². The molecule has 0 aliphatic carbocycles. The van der Waals surface area contributed by atoms with Gasteiger partial charge in [-0.2, -0.15) is 0 Å². The van der Waals surface area contributed by atoms with Gasteiger partial charge < -0.3 is 4.42 Å². The third-order valence-electron chi connectivity index (χ3n) is 8.72. The number of benzene rings is 7. The number of fused-ring (bicyclic) bond motifs is 6. The SMILES string of the molecule is C=CCc1cc2oc3ccc(-c4c5ccccc5c(-c5cccc6ccccc56)c5ccccc45)cc3c2cc1/C=C\C. The number of hydrogen-bond acceptors (Lipinski definition) is 1. The molecule has 204 valence electrons. The molecule has 0 fully saturated rings. The Morgan fingerprint density at radius 2 is 1.21 bits per heavy atom. The summed E-state index contributed by atoms with van der Waals surface area (Å²) < 4.78 is 6.40. The third kappa shape index (κ3) is 4.00. The Morgan fingerprint density at radius 3 is 1.91 bits per heavy atom. The Hall–Kier alpha value is -5.40. The summed E-state index contributed by atoms with van der Waals surface area (Å²) in [6.45, 7) is 6.02. The first kappa shape index (κ1) is 25.3. The Bertz CT molecular complexity index is 2340. The number of allylic oxidation sites excluding steroid dienone is 2. The second-order valence-electron chi connectivity index (χ2n) is 11.2. The van der Waals surface area contributed by atoms with Crippen LogP contribution in [-0.4, -0.2) is 0 Å². The Balaban J connectivity index is 1.45. The minimum atomic E-state index is 0.805. The second kappa shape index (κ2) is 10.2. The standard InChI is InChI=1S/C42H30O/c1-3-12-28-24-38-37-25-30(22-23-39(37)43-40(38)26-29(28)13-4-2)41-33-17-7-9-19-35(33)42(36-20-10-8-18-34(36)41)32-21-11-15-27-14-5-6-16-31(27)32/h3-12,14-26H,2,13H2,1H3/b12-3-. The average Bonchev–Trinajstić information content (AvgIpc) is 3.40. The van der Waals surface area contributed by atoms with Gasteiger partial charge in [0.2, 0.25) is 0 Å². The molecule has 43 heavy (non-hydrogen) atoms. The minimum Gasteiger partial charge on any atom is -0.456 e. The Labute approximate surface area is 251 Å². The quantitative estimate of drug-likeness (QED) is 0.153. The highest BCUT2D eigenvalue weighted by Crippen LogP contribution is 2.46. The van der Waals surface area contributed by atoms with E-state index in [2.05, 4.69) is 147 Å². The lowest BCUT2D eigenvalue weighted by molar-refractivity contribution is 0.668. The molecule has 7 aromatic carbocycles. The normalized spacial score (nSPS) is 11.9. The van der Waals surface area contributed by atoms with E-state index < -0.39 is 0 Å². The molecule has 0 radical (unpaired) electrons. The maximum absolute atomic E-state index is 6.40. The molecule has 8 aromatic rings. The van der Waals surface area contributed by atoms with Crippen molar-refractivity contribution in [3.8, 4) is 22.3 Å². The topological polar surface area (TPSA) is 13.1 Å². The van der Waals surface area contributed by atoms with Crippen molar-refractivity contribution in [2.45, 2.75) is 13.3 Å². The molecular weight excluding hydrogens is 520 g/mol. The van der Waals surface area contributed by atoms with Gasteiger partial charge in [0.15, 0.2) is 0 Å². The highest BCUT2D eigenvalue weighted by atomic mass is 16.3. The van der Waals surface area contributed by atoms with E-state index in [0.717, 1.165) is 28.4 Å². The fourth-order valence-electron chi connectivity index (χ4n) is 6.88. The van der Waals surface area contributed by atoms with E-state index in [1.807, 2.05) is 6.08 Å². The van der Waals surface area contributed by atoms with Gasteiger partial charge in [0.05, 0.1) is 0 Å². The lowest BCUT2D eigenvalue weighted by atomic mass is 9.84. The summed E-state index contributed by atoms with van der Waals surface area (Å²) in [6, 6.07) is 44.2. The molecular formula is C42H30O. The zero-order valence-electron chi connectivity index (χ0n) is 24.1. The number of rotatable bonds is 5. The van der Waals surface area contributed by atoms with Crippen LogP contribution in [0.25, 0.3) is 82.6 Å². The molecule has 0 amide bonds. The maximum Gasteiger partial charge on any atom is 0.135 e. The molecule has 1 nitrogen and oxygen atoms in total. The third-order valence-corrected chi connectivity index (χ3v) is 8.72. The van der Waals surface area contributed by atoms with E-state index in [9.17, 15) is 0 Å². The summed E-state index contributed by atoms with van der Waals surface area (Å²) >= 11 is 0. The van der Waals surface area contributed by atoms with Gasteiger partial charge in [-0.1, -0.05) is 115 Å². The van der Waals surface area contributed by atoms with Gasteiger partial charge in [-0.15, -0.1) is 6.58 Å². The minimum absolute atomic E-state index is 0.805. The fraction of sp³-hybridized carbons (Fsp3) is 0.0476. The van der Waals surface area contributed by atoms with Gasteiger partial charge in [-0.05, 0) is 103 Å². The van der Waals surface area contributed by atoms with Crippen LogP contribution >= 0.6 is 0 Å². The summed E-state index contributed by atoms with van der Waals surface area (Å²) in [6.07, 6.45) is 7.03. The first-order valence-electron chi connectivity index (χ1n) is 14.9. The van der Waals surface area contributed by atoms with Gasteiger partial charge in [0.25, 0.3) is 0 Å². The van der Waals surface area contributed by atoms with E-state index in [-0.39, 0.29) is 0 Å². The van der Waals surface area contributed by atoms with Crippen molar-refractivity contribution in [3.05, 3.63) is 151 Å². The van der Waals surface area contributed by atoms with Gasteiger partial charge in [-0.25, -0.2) is 0 Å². The molecule has 0 spiro atoms. The lowest BCUT2D eigenvalue weighted by Gasteiger charge is -2.18. The summed E-state index contributed by atoms with van der Waals surface area (Å²) in [4.78, 5) is 0. The zero-order valence-corrected chi connectivity index (χ0v) is 24.1. The summed E-state index contributed by atoms with van der Waals surface area (Å²) in [5.41, 5.74) is 9.24. The van der Waals surface area contributed by atoms with Crippen LogP contribution in [0.15, 0.2) is 144 Å². The molecule has 1 heterocycles. The molecule has 0 saturated carbocycles. The van der Waals surface area contributed by atoms with Crippen molar-refractivity contribution < 1.29 is 4.42 Å². The van der Waals surface area contributed by atoms with Crippen LogP contribution in [0.5, 0.6) is 0 Å².